The molecule has 4 heterocycles. The Bertz CT molecular complexity index is 2100. The van der Waals surface area contributed by atoms with Crippen LogP contribution in [0, 0.1) is 0 Å². The van der Waals surface area contributed by atoms with Crippen LogP contribution in [-0.2, 0) is 14.8 Å². The lowest BCUT2D eigenvalue weighted by Crippen LogP contribution is -2.46. The monoisotopic (exact) mass is 679 g/mol. The Morgan fingerprint density at radius 3 is 2.55 bits per heavy atom. The molecule has 1 atom stereocenters. The number of carbonyl (C=O) groups excluding carboxylic acids is 2. The summed E-state index contributed by atoms with van der Waals surface area (Å²) in [5.41, 5.74) is 2.81. The van der Waals surface area contributed by atoms with E-state index in [1.807, 2.05) is 31.1 Å². The molecule has 0 spiro atoms. The van der Waals surface area contributed by atoms with Gasteiger partial charge in [-0.1, -0.05) is 30.3 Å². The van der Waals surface area contributed by atoms with E-state index in [4.69, 9.17) is 0 Å². The third-order valence-corrected chi connectivity index (χ3v) is 9.62. The maximum Gasteiger partial charge on any atom is 0.321 e. The van der Waals surface area contributed by atoms with Gasteiger partial charge in [-0.15, -0.1) is 0 Å². The molecule has 14 heteroatoms. The molecule has 252 valence electrons. The number of nitrogens with zero attached hydrogens (tertiary/aromatic N) is 6. The Labute approximate surface area is 284 Å². The molecule has 2 aromatic carbocycles. The number of fused-ring (bicyclic) bond motifs is 1. The maximum absolute atomic E-state index is 13.2. The number of aromatic nitrogens is 4. The molecule has 0 aliphatic carbocycles. The van der Waals surface area contributed by atoms with Crippen LogP contribution in [0.5, 0.6) is 0 Å². The summed E-state index contributed by atoms with van der Waals surface area (Å²) in [5.74, 6) is 0.359. The average Bonchev–Trinajstić information content (AvgIpc) is 3.53. The van der Waals surface area contributed by atoms with Gasteiger partial charge in [0.1, 0.15) is 12.1 Å². The summed E-state index contributed by atoms with van der Waals surface area (Å²) < 4.78 is 27.6. The third kappa shape index (κ3) is 8.11. The van der Waals surface area contributed by atoms with Crippen molar-refractivity contribution in [1.29, 1.82) is 0 Å². The second-order valence-corrected chi connectivity index (χ2v) is 13.8. The zero-order valence-electron chi connectivity index (χ0n) is 27.2. The lowest BCUT2D eigenvalue weighted by Gasteiger charge is -2.33. The summed E-state index contributed by atoms with van der Waals surface area (Å²) in [7, 11) is 0.0525. The molecule has 3 N–H and O–H groups in total. The van der Waals surface area contributed by atoms with Crippen molar-refractivity contribution in [3.8, 4) is 11.3 Å². The van der Waals surface area contributed by atoms with Crippen LogP contribution in [0.3, 0.4) is 0 Å². The largest absolute Gasteiger partial charge is 0.365 e. The summed E-state index contributed by atoms with van der Waals surface area (Å²) in [6.07, 6.45) is 9.49. The normalized spacial score (nSPS) is 15.1. The first-order valence-corrected chi connectivity index (χ1v) is 17.2. The van der Waals surface area contributed by atoms with Crippen molar-refractivity contribution in [1.82, 2.24) is 28.7 Å². The predicted molar refractivity (Wildman–Crippen MR) is 190 cm³/mol. The van der Waals surface area contributed by atoms with E-state index in [0.717, 1.165) is 12.8 Å². The Kier molecular flexibility index (Phi) is 9.97. The number of hydrogen-bond acceptors (Lipinski definition) is 9. The molecule has 5 aromatic rings. The van der Waals surface area contributed by atoms with Crippen molar-refractivity contribution < 1.29 is 18.0 Å². The molecular weight excluding hydrogens is 643 g/mol. The molecule has 6 rings (SSSR count). The van der Waals surface area contributed by atoms with E-state index in [0.29, 0.717) is 59.1 Å². The summed E-state index contributed by atoms with van der Waals surface area (Å²) >= 11 is 0. The molecule has 1 aliphatic rings. The van der Waals surface area contributed by atoms with Crippen LogP contribution < -0.4 is 16.0 Å². The standard InChI is InChI=1S/C35H37N9O4S/c1-42(2)16-8-14-33(45)40-27-9-6-10-28(20-27)41-35(46)43-17-7-11-29(23-43)39-32-21-31(37-24-38-32)26-19-25-15-18-44(34(25)36-22-26)49(47,48)30-12-4-3-5-13-30/h3-6,8-10,12-15,18-22,24,29H,7,11,16-17,23H2,1-2H3,(H,40,45)(H,41,46)(H,37,38,39)/b14-8+. The highest BCUT2D eigenvalue weighted by Gasteiger charge is 2.25. The smallest absolute Gasteiger partial charge is 0.321 e. The third-order valence-electron chi connectivity index (χ3n) is 7.94. The second-order valence-electron chi connectivity index (χ2n) is 11.9. The van der Waals surface area contributed by atoms with Crippen LogP contribution in [0.25, 0.3) is 22.3 Å². The fourth-order valence-electron chi connectivity index (χ4n) is 5.55. The van der Waals surface area contributed by atoms with Crippen molar-refractivity contribution in [2.24, 2.45) is 0 Å². The zero-order valence-corrected chi connectivity index (χ0v) is 28.0. The molecule has 1 unspecified atom stereocenters. The van der Waals surface area contributed by atoms with Crippen LogP contribution in [-0.4, -0.2) is 88.9 Å². The van der Waals surface area contributed by atoms with Gasteiger partial charge in [0.25, 0.3) is 10.0 Å². The zero-order chi connectivity index (χ0) is 34.4. The second kappa shape index (κ2) is 14.7. The SMILES string of the molecule is CN(C)C/C=C/C(=O)Nc1cccc(NC(=O)N2CCCC(Nc3cc(-c4cnc5c(ccn5S(=O)(=O)c5ccccc5)c4)ncn3)C2)c1. The number of pyridine rings is 1. The Morgan fingerprint density at radius 1 is 0.959 bits per heavy atom. The number of hydrogen-bond donors (Lipinski definition) is 3. The van der Waals surface area contributed by atoms with Crippen molar-refractivity contribution >= 4 is 50.2 Å². The first-order valence-electron chi connectivity index (χ1n) is 15.8. The number of rotatable bonds is 10. The highest BCUT2D eigenvalue weighted by molar-refractivity contribution is 7.90. The van der Waals surface area contributed by atoms with Crippen molar-refractivity contribution in [2.75, 3.05) is 49.7 Å². The number of nitrogens with one attached hydrogen (secondary N) is 3. The highest BCUT2D eigenvalue weighted by Crippen LogP contribution is 2.26. The summed E-state index contributed by atoms with van der Waals surface area (Å²) in [5, 5.41) is 9.86. The molecule has 0 saturated carbocycles. The lowest BCUT2D eigenvalue weighted by atomic mass is 10.1. The minimum atomic E-state index is -3.80. The number of carbonyl (C=O) groups is 2. The number of likely N-dealkylation sites (tertiary alicyclic amines) is 1. The first-order chi connectivity index (χ1) is 23.7. The molecule has 1 aliphatic heterocycles. The predicted octanol–water partition coefficient (Wildman–Crippen LogP) is 4.90. The van der Waals surface area contributed by atoms with Crippen LogP contribution >= 0.6 is 0 Å². The Balaban J connectivity index is 1.08. The number of anilines is 3. The lowest BCUT2D eigenvalue weighted by molar-refractivity contribution is -0.111. The van der Waals surface area contributed by atoms with Crippen LogP contribution in [0.4, 0.5) is 22.0 Å². The quantitative estimate of drug-likeness (QED) is 0.175. The molecule has 3 aromatic heterocycles. The van der Waals surface area contributed by atoms with Gasteiger partial charge in [-0.25, -0.2) is 32.1 Å². The van der Waals surface area contributed by atoms with E-state index in [1.54, 1.807) is 77.8 Å². The van der Waals surface area contributed by atoms with E-state index >= 15 is 0 Å². The summed E-state index contributed by atoms with van der Waals surface area (Å²) in [4.78, 5) is 42.7. The first kappa shape index (κ1) is 33.3. The highest BCUT2D eigenvalue weighted by atomic mass is 32.2. The minimum absolute atomic E-state index is 0.0420. The molecule has 49 heavy (non-hydrogen) atoms. The van der Waals surface area contributed by atoms with Gasteiger partial charge in [0.2, 0.25) is 5.91 Å². The van der Waals surface area contributed by atoms with Crippen LogP contribution in [0.1, 0.15) is 12.8 Å². The van der Waals surface area contributed by atoms with E-state index in [2.05, 4.69) is 30.9 Å². The van der Waals surface area contributed by atoms with Crippen molar-refractivity contribution in [3.05, 3.63) is 104 Å². The Morgan fingerprint density at radius 2 is 1.76 bits per heavy atom. The maximum atomic E-state index is 13.2. The van der Waals surface area contributed by atoms with E-state index in [1.165, 1.54) is 22.6 Å². The van der Waals surface area contributed by atoms with Crippen LogP contribution in [0.15, 0.2) is 109 Å². The molecule has 3 amide bonds. The summed E-state index contributed by atoms with van der Waals surface area (Å²) in [6.45, 7) is 1.73. The Hall–Kier alpha value is -5.60. The summed E-state index contributed by atoms with van der Waals surface area (Å²) in [6, 6.07) is 20.4. The molecule has 0 bridgehead atoms. The van der Waals surface area contributed by atoms with E-state index in [-0.39, 0.29) is 22.9 Å². The molecule has 0 radical (unpaired) electrons. The number of urea groups is 1. The van der Waals surface area contributed by atoms with Gasteiger partial charge in [-0.05, 0) is 69.4 Å². The van der Waals surface area contributed by atoms with Gasteiger partial charge in [-0.3, -0.25) is 4.79 Å². The van der Waals surface area contributed by atoms with Crippen molar-refractivity contribution in [2.45, 2.75) is 23.8 Å². The van der Waals surface area contributed by atoms with E-state index < -0.39 is 10.0 Å². The molecule has 13 nitrogen and oxygen atoms in total. The minimum Gasteiger partial charge on any atom is -0.365 e. The van der Waals surface area contributed by atoms with Gasteiger partial charge in [-0.2, -0.15) is 0 Å². The van der Waals surface area contributed by atoms with Gasteiger partial charge in [0.15, 0.2) is 5.65 Å². The van der Waals surface area contributed by atoms with Gasteiger partial charge in [0.05, 0.1) is 10.6 Å². The fourth-order valence-corrected chi connectivity index (χ4v) is 6.88. The topological polar surface area (TPSA) is 154 Å². The molecule has 1 fully saturated rings. The van der Waals surface area contributed by atoms with Crippen molar-refractivity contribution in [3.63, 3.8) is 0 Å². The van der Waals surface area contributed by atoms with Gasteiger partial charge in [0, 0.05) is 72.5 Å². The fraction of sp³-hybridized carbons (Fsp3) is 0.229. The molecule has 1 saturated heterocycles. The van der Waals surface area contributed by atoms with Gasteiger partial charge < -0.3 is 25.8 Å². The van der Waals surface area contributed by atoms with Gasteiger partial charge >= 0.3 is 6.03 Å². The van der Waals surface area contributed by atoms with Crippen LogP contribution in [0.2, 0.25) is 0 Å². The molecular formula is C35H37N9O4S. The van der Waals surface area contributed by atoms with E-state index in [9.17, 15) is 18.0 Å². The number of piperidine rings is 1. The number of likely N-dealkylation sites (N-methyl/N-ethyl adjacent to an activating group) is 1. The number of amides is 3. The number of benzene rings is 2. The average molecular weight is 680 g/mol.